The number of nitrogens with one attached hydrogen (secondary N) is 1. The van der Waals surface area contributed by atoms with Gasteiger partial charge >= 0.3 is 0 Å². The number of hydrogen-bond acceptors (Lipinski definition) is 3. The summed E-state index contributed by atoms with van der Waals surface area (Å²) < 4.78 is 36.1. The molecule has 0 unspecified atom stereocenters. The minimum atomic E-state index is -4.01. The molecule has 0 aliphatic heterocycles. The molecule has 0 aromatic heterocycles. The second kappa shape index (κ2) is 6.53. The molecule has 0 radical (unpaired) electrons. The van der Waals surface area contributed by atoms with E-state index >= 15 is 0 Å². The minimum absolute atomic E-state index is 0.0988. The summed E-state index contributed by atoms with van der Waals surface area (Å²) in [6, 6.07) is 3.02. The second-order valence-electron chi connectivity index (χ2n) is 5.44. The highest BCUT2D eigenvalue weighted by atomic mass is 32.2. The predicted molar refractivity (Wildman–Crippen MR) is 77.6 cm³/mol. The highest BCUT2D eigenvalue weighted by molar-refractivity contribution is 7.89. The van der Waals surface area contributed by atoms with E-state index in [9.17, 15) is 17.6 Å². The molecule has 1 aliphatic rings. The van der Waals surface area contributed by atoms with Crippen LogP contribution in [0.4, 0.5) is 10.1 Å². The summed E-state index contributed by atoms with van der Waals surface area (Å²) in [5.74, 6) is -0.627. The summed E-state index contributed by atoms with van der Waals surface area (Å²) in [6.07, 6.45) is 5.73. The molecule has 21 heavy (non-hydrogen) atoms. The molecule has 7 heteroatoms. The molecule has 0 heterocycles. The maximum absolute atomic E-state index is 13.3. The van der Waals surface area contributed by atoms with Gasteiger partial charge in [-0.25, -0.2) is 17.9 Å². The Hall–Kier alpha value is -1.47. The van der Waals surface area contributed by atoms with E-state index in [1.165, 1.54) is 6.42 Å². The van der Waals surface area contributed by atoms with Crippen molar-refractivity contribution in [2.75, 3.05) is 5.32 Å². The number of carbonyl (C=O) groups excluding carboxylic acids is 1. The summed E-state index contributed by atoms with van der Waals surface area (Å²) in [4.78, 5) is 11.7. The van der Waals surface area contributed by atoms with E-state index < -0.39 is 15.8 Å². The van der Waals surface area contributed by atoms with Gasteiger partial charge in [-0.2, -0.15) is 0 Å². The van der Waals surface area contributed by atoms with Crippen LogP contribution in [0.15, 0.2) is 23.1 Å². The van der Waals surface area contributed by atoms with E-state index in [1.54, 1.807) is 0 Å². The van der Waals surface area contributed by atoms with Gasteiger partial charge in [-0.05, 0) is 37.0 Å². The summed E-state index contributed by atoms with van der Waals surface area (Å²) in [5.41, 5.74) is -0.0988. The zero-order valence-corrected chi connectivity index (χ0v) is 12.5. The quantitative estimate of drug-likeness (QED) is 0.894. The molecule has 0 bridgehead atoms. The molecule has 2 rings (SSSR count). The predicted octanol–water partition coefficient (Wildman–Crippen LogP) is 2.38. The first-order chi connectivity index (χ1) is 9.86. The fourth-order valence-electron chi connectivity index (χ4n) is 2.70. The first-order valence-electron chi connectivity index (χ1n) is 6.98. The Morgan fingerprint density at radius 2 is 1.95 bits per heavy atom. The van der Waals surface area contributed by atoms with Crippen LogP contribution in [0.3, 0.4) is 0 Å². The van der Waals surface area contributed by atoms with E-state index in [4.69, 9.17) is 5.14 Å². The summed E-state index contributed by atoms with van der Waals surface area (Å²) in [7, 11) is -4.01. The fourth-order valence-corrected chi connectivity index (χ4v) is 3.38. The molecule has 1 aromatic carbocycles. The Bertz CT molecular complexity index is 625. The van der Waals surface area contributed by atoms with Crippen molar-refractivity contribution in [3.05, 3.63) is 24.0 Å². The van der Waals surface area contributed by atoms with Gasteiger partial charge in [0.2, 0.25) is 15.9 Å². The molecule has 0 saturated heterocycles. The number of sulfonamides is 1. The third-order valence-electron chi connectivity index (χ3n) is 3.72. The highest BCUT2D eigenvalue weighted by Crippen LogP contribution is 2.27. The molecule has 1 saturated carbocycles. The maximum Gasteiger partial charge on any atom is 0.240 e. The van der Waals surface area contributed by atoms with Gasteiger partial charge in [-0.1, -0.05) is 19.3 Å². The molecule has 1 amide bonds. The third kappa shape index (κ3) is 4.50. The van der Waals surface area contributed by atoms with Crippen molar-refractivity contribution in [1.82, 2.24) is 0 Å². The van der Waals surface area contributed by atoms with Gasteiger partial charge in [0.1, 0.15) is 10.7 Å². The van der Waals surface area contributed by atoms with Gasteiger partial charge in [-0.15, -0.1) is 0 Å². The van der Waals surface area contributed by atoms with E-state index in [2.05, 4.69) is 5.32 Å². The van der Waals surface area contributed by atoms with Crippen LogP contribution < -0.4 is 10.5 Å². The number of carbonyl (C=O) groups is 1. The van der Waals surface area contributed by atoms with Crippen molar-refractivity contribution in [3.63, 3.8) is 0 Å². The standard InChI is InChI=1S/C14H19FN2O3S/c15-11-6-7-13(21(16,19)20)12(9-11)17-14(18)8-10-4-2-1-3-5-10/h6-7,9-10H,1-5,8H2,(H,17,18)(H2,16,19,20). The molecule has 3 N–H and O–H groups in total. The van der Waals surface area contributed by atoms with Crippen LogP contribution in [-0.4, -0.2) is 14.3 Å². The average molecular weight is 314 g/mol. The highest BCUT2D eigenvalue weighted by Gasteiger charge is 2.20. The van der Waals surface area contributed by atoms with Gasteiger partial charge in [0.15, 0.2) is 0 Å². The topological polar surface area (TPSA) is 89.3 Å². The van der Waals surface area contributed by atoms with Crippen LogP contribution in [0.5, 0.6) is 0 Å². The Kier molecular flexibility index (Phi) is 4.95. The smallest absolute Gasteiger partial charge is 0.240 e. The van der Waals surface area contributed by atoms with Crippen molar-refractivity contribution < 1.29 is 17.6 Å². The van der Waals surface area contributed by atoms with Gasteiger partial charge in [0.05, 0.1) is 5.69 Å². The van der Waals surface area contributed by atoms with Crippen LogP contribution in [0.2, 0.25) is 0 Å². The van der Waals surface area contributed by atoms with Crippen molar-refractivity contribution in [2.45, 2.75) is 43.4 Å². The van der Waals surface area contributed by atoms with E-state index in [-0.39, 0.29) is 16.5 Å². The number of rotatable bonds is 4. The van der Waals surface area contributed by atoms with E-state index in [1.807, 2.05) is 0 Å². The Balaban J connectivity index is 2.11. The lowest BCUT2D eigenvalue weighted by Crippen LogP contribution is -2.21. The molecule has 1 fully saturated rings. The van der Waals surface area contributed by atoms with Crippen molar-refractivity contribution in [3.8, 4) is 0 Å². The Morgan fingerprint density at radius 1 is 1.29 bits per heavy atom. The Labute approximate surface area is 123 Å². The van der Waals surface area contributed by atoms with E-state index in [0.29, 0.717) is 12.3 Å². The number of hydrogen-bond donors (Lipinski definition) is 2. The number of anilines is 1. The van der Waals surface area contributed by atoms with E-state index in [0.717, 1.165) is 43.9 Å². The fraction of sp³-hybridized carbons (Fsp3) is 0.500. The first-order valence-corrected chi connectivity index (χ1v) is 8.53. The third-order valence-corrected chi connectivity index (χ3v) is 4.69. The first kappa shape index (κ1) is 15.9. The summed E-state index contributed by atoms with van der Waals surface area (Å²) in [6.45, 7) is 0. The second-order valence-corrected chi connectivity index (χ2v) is 6.97. The van der Waals surface area contributed by atoms with Gasteiger partial charge < -0.3 is 5.32 Å². The molecule has 1 aromatic rings. The molecule has 5 nitrogen and oxygen atoms in total. The molecular weight excluding hydrogens is 295 g/mol. The maximum atomic E-state index is 13.3. The molecule has 0 spiro atoms. The molecule has 116 valence electrons. The Morgan fingerprint density at radius 3 is 2.57 bits per heavy atom. The summed E-state index contributed by atoms with van der Waals surface area (Å²) >= 11 is 0. The van der Waals surface area contributed by atoms with Crippen LogP contribution >= 0.6 is 0 Å². The lowest BCUT2D eigenvalue weighted by Gasteiger charge is -2.21. The van der Waals surface area contributed by atoms with Gasteiger partial charge in [0, 0.05) is 6.42 Å². The minimum Gasteiger partial charge on any atom is -0.325 e. The number of amides is 1. The van der Waals surface area contributed by atoms with Crippen molar-refractivity contribution in [2.24, 2.45) is 11.1 Å². The average Bonchev–Trinajstić information content (AvgIpc) is 2.38. The molecular formula is C14H19FN2O3S. The lowest BCUT2D eigenvalue weighted by molar-refractivity contribution is -0.117. The van der Waals surface area contributed by atoms with Crippen molar-refractivity contribution in [1.29, 1.82) is 0 Å². The number of benzene rings is 1. The number of halogens is 1. The normalized spacial score (nSPS) is 16.7. The van der Waals surface area contributed by atoms with Crippen LogP contribution in [0.1, 0.15) is 38.5 Å². The molecule has 1 aliphatic carbocycles. The van der Waals surface area contributed by atoms with Crippen LogP contribution in [0.25, 0.3) is 0 Å². The SMILES string of the molecule is NS(=O)(=O)c1ccc(F)cc1NC(=O)CC1CCCCC1. The monoisotopic (exact) mass is 314 g/mol. The van der Waals surface area contributed by atoms with Gasteiger partial charge in [0.25, 0.3) is 0 Å². The van der Waals surface area contributed by atoms with Crippen LogP contribution in [0, 0.1) is 11.7 Å². The van der Waals surface area contributed by atoms with Gasteiger partial charge in [-0.3, -0.25) is 4.79 Å². The van der Waals surface area contributed by atoms with Crippen molar-refractivity contribution >= 4 is 21.6 Å². The molecule has 0 atom stereocenters. The zero-order chi connectivity index (χ0) is 15.5. The summed E-state index contributed by atoms with van der Waals surface area (Å²) in [5, 5.41) is 7.53. The number of nitrogens with two attached hydrogens (primary N) is 1. The number of primary sulfonamides is 1. The largest absolute Gasteiger partial charge is 0.325 e. The van der Waals surface area contributed by atoms with Crippen LogP contribution in [-0.2, 0) is 14.8 Å². The lowest BCUT2D eigenvalue weighted by atomic mass is 9.87. The zero-order valence-electron chi connectivity index (χ0n) is 11.6.